The lowest BCUT2D eigenvalue weighted by atomic mass is 9.99. The lowest BCUT2D eigenvalue weighted by Gasteiger charge is -2.31. The van der Waals surface area contributed by atoms with Crippen LogP contribution < -0.4 is 11.1 Å². The summed E-state index contributed by atoms with van der Waals surface area (Å²) >= 11 is 0. The number of aromatic nitrogens is 1. The van der Waals surface area contributed by atoms with Gasteiger partial charge in [-0.05, 0) is 31.4 Å². The Labute approximate surface area is 158 Å². The van der Waals surface area contributed by atoms with Crippen molar-refractivity contribution in [1.29, 1.82) is 0 Å². The van der Waals surface area contributed by atoms with Crippen molar-refractivity contribution >= 4 is 27.0 Å². The van der Waals surface area contributed by atoms with E-state index in [2.05, 4.69) is 5.32 Å². The van der Waals surface area contributed by atoms with Crippen LogP contribution in [-0.2, 0) is 21.9 Å². The minimum absolute atomic E-state index is 0.0661. The third-order valence-corrected chi connectivity index (χ3v) is 6.85. The number of unbranched alkanes of at least 4 members (excludes halogenated alkanes) is 1. The minimum atomic E-state index is -3.77. The molecule has 8 nitrogen and oxygen atoms in total. The van der Waals surface area contributed by atoms with E-state index in [-0.39, 0.29) is 28.8 Å². The van der Waals surface area contributed by atoms with Gasteiger partial charge in [-0.25, -0.2) is 13.2 Å². The summed E-state index contributed by atoms with van der Waals surface area (Å²) in [7, 11) is -2.20. The smallest absolute Gasteiger partial charge is 0.408 e. The molecule has 1 aromatic heterocycles. The lowest BCUT2D eigenvalue weighted by Crippen LogP contribution is -2.45. The molecule has 1 aliphatic rings. The van der Waals surface area contributed by atoms with E-state index in [1.54, 1.807) is 13.1 Å². The maximum absolute atomic E-state index is 13.0. The summed E-state index contributed by atoms with van der Waals surface area (Å²) in [6, 6.07) is 4.40. The van der Waals surface area contributed by atoms with E-state index in [9.17, 15) is 18.0 Å². The average molecular weight is 395 g/mol. The molecule has 2 heterocycles. The second-order valence-electron chi connectivity index (χ2n) is 6.90. The van der Waals surface area contributed by atoms with E-state index in [0.717, 1.165) is 12.8 Å². The molecule has 1 saturated heterocycles. The van der Waals surface area contributed by atoms with Crippen LogP contribution in [0.5, 0.6) is 0 Å². The fourth-order valence-electron chi connectivity index (χ4n) is 3.33. The van der Waals surface area contributed by atoms with Crippen molar-refractivity contribution in [2.75, 3.05) is 19.6 Å². The highest BCUT2D eigenvalue weighted by molar-refractivity contribution is 7.89. The van der Waals surface area contributed by atoms with Crippen LogP contribution in [0.25, 0.3) is 11.1 Å². The maximum Gasteiger partial charge on any atom is 0.419 e. The molecular weight excluding hydrogens is 370 g/mol. The molecule has 9 heteroatoms. The molecule has 1 N–H and O–H groups in total. The number of rotatable bonds is 6. The van der Waals surface area contributed by atoms with Crippen LogP contribution in [0.2, 0.25) is 0 Å². The van der Waals surface area contributed by atoms with Gasteiger partial charge >= 0.3 is 5.76 Å². The molecular formula is C18H25N3O5S. The van der Waals surface area contributed by atoms with Gasteiger partial charge in [0, 0.05) is 32.7 Å². The number of carbonyl (C=O) groups is 1. The highest BCUT2D eigenvalue weighted by Crippen LogP contribution is 2.26. The molecule has 0 bridgehead atoms. The Kier molecular flexibility index (Phi) is 5.71. The summed E-state index contributed by atoms with van der Waals surface area (Å²) in [5, 5.41) is 2.89. The summed E-state index contributed by atoms with van der Waals surface area (Å²) in [5.74, 6) is -0.974. The van der Waals surface area contributed by atoms with Crippen LogP contribution in [-0.4, -0.2) is 42.8 Å². The van der Waals surface area contributed by atoms with Gasteiger partial charge in [0.2, 0.25) is 15.9 Å². The topological polar surface area (TPSA) is 102 Å². The molecule has 0 unspecified atom stereocenters. The zero-order valence-electron chi connectivity index (χ0n) is 15.6. The molecule has 148 valence electrons. The number of nitrogens with one attached hydrogen (secondary N) is 1. The molecule has 2 aromatic rings. The molecule has 0 saturated carbocycles. The summed E-state index contributed by atoms with van der Waals surface area (Å²) in [6.07, 6.45) is 3.20. The van der Waals surface area contributed by atoms with E-state index in [1.165, 1.54) is 21.0 Å². The normalized spacial score (nSPS) is 18.7. The van der Waals surface area contributed by atoms with E-state index in [1.807, 2.05) is 6.92 Å². The van der Waals surface area contributed by atoms with Crippen molar-refractivity contribution in [1.82, 2.24) is 14.2 Å². The van der Waals surface area contributed by atoms with Gasteiger partial charge < -0.3 is 9.73 Å². The van der Waals surface area contributed by atoms with Crippen molar-refractivity contribution in [3.63, 3.8) is 0 Å². The Balaban J connectivity index is 1.79. The van der Waals surface area contributed by atoms with E-state index in [0.29, 0.717) is 31.4 Å². The quantitative estimate of drug-likeness (QED) is 0.746. The molecule has 1 aromatic carbocycles. The van der Waals surface area contributed by atoms with E-state index >= 15 is 0 Å². The summed E-state index contributed by atoms with van der Waals surface area (Å²) in [5.41, 5.74) is 0.764. The van der Waals surface area contributed by atoms with Crippen molar-refractivity contribution in [3.05, 3.63) is 28.7 Å². The summed E-state index contributed by atoms with van der Waals surface area (Å²) in [6.45, 7) is 3.20. The van der Waals surface area contributed by atoms with Gasteiger partial charge in [0.05, 0.1) is 16.3 Å². The Morgan fingerprint density at radius 2 is 2.15 bits per heavy atom. The number of carbonyl (C=O) groups excluding carboxylic acids is 1. The molecule has 27 heavy (non-hydrogen) atoms. The molecule has 1 fully saturated rings. The number of hydrogen-bond donors (Lipinski definition) is 1. The fourth-order valence-corrected chi connectivity index (χ4v) is 4.87. The highest BCUT2D eigenvalue weighted by Gasteiger charge is 2.33. The van der Waals surface area contributed by atoms with Crippen LogP contribution >= 0.6 is 0 Å². The first-order valence-electron chi connectivity index (χ1n) is 9.22. The monoisotopic (exact) mass is 395 g/mol. The zero-order valence-corrected chi connectivity index (χ0v) is 16.4. The lowest BCUT2D eigenvalue weighted by molar-refractivity contribution is -0.126. The van der Waals surface area contributed by atoms with Gasteiger partial charge in [0.15, 0.2) is 5.58 Å². The number of fused-ring (bicyclic) bond motifs is 1. The predicted octanol–water partition coefficient (Wildman–Crippen LogP) is 1.45. The van der Waals surface area contributed by atoms with Gasteiger partial charge in [-0.3, -0.25) is 9.36 Å². The second kappa shape index (κ2) is 7.85. The van der Waals surface area contributed by atoms with Crippen LogP contribution in [0, 0.1) is 5.92 Å². The molecule has 3 rings (SSSR count). The number of amides is 1. The van der Waals surface area contributed by atoms with E-state index in [4.69, 9.17) is 4.42 Å². The summed E-state index contributed by atoms with van der Waals surface area (Å²) < 4.78 is 33.8. The third-order valence-electron chi connectivity index (χ3n) is 4.99. The van der Waals surface area contributed by atoms with Crippen molar-refractivity contribution in [2.24, 2.45) is 13.0 Å². The number of nitrogens with zero attached hydrogens (tertiary/aromatic N) is 2. The number of sulfonamides is 1. The highest BCUT2D eigenvalue weighted by atomic mass is 32.2. The average Bonchev–Trinajstić information content (AvgIpc) is 2.95. The SMILES string of the molecule is CCCCNC(=O)[C@@H]1CCCN(S(=O)(=O)c2ccc3c(c2)oc(=O)n3C)C1. The maximum atomic E-state index is 13.0. The first kappa shape index (κ1) is 19.6. The Morgan fingerprint density at radius 3 is 2.89 bits per heavy atom. The summed E-state index contributed by atoms with van der Waals surface area (Å²) in [4.78, 5) is 24.0. The van der Waals surface area contributed by atoms with Gasteiger partial charge in [0.25, 0.3) is 0 Å². The number of hydrogen-bond acceptors (Lipinski definition) is 5. The number of aryl methyl sites for hydroxylation is 1. The zero-order chi connectivity index (χ0) is 19.6. The van der Waals surface area contributed by atoms with Crippen LogP contribution in [0.3, 0.4) is 0 Å². The molecule has 1 amide bonds. The molecule has 1 atom stereocenters. The minimum Gasteiger partial charge on any atom is -0.408 e. The van der Waals surface area contributed by atoms with Crippen LogP contribution in [0.1, 0.15) is 32.6 Å². The second-order valence-corrected chi connectivity index (χ2v) is 8.84. The van der Waals surface area contributed by atoms with E-state index < -0.39 is 15.8 Å². The van der Waals surface area contributed by atoms with Gasteiger partial charge in [-0.1, -0.05) is 13.3 Å². The van der Waals surface area contributed by atoms with Gasteiger partial charge in [0.1, 0.15) is 0 Å². The van der Waals surface area contributed by atoms with Crippen LogP contribution in [0.15, 0.2) is 32.3 Å². The molecule has 0 radical (unpaired) electrons. The van der Waals surface area contributed by atoms with Gasteiger partial charge in [-0.2, -0.15) is 4.31 Å². The van der Waals surface area contributed by atoms with Gasteiger partial charge in [-0.15, -0.1) is 0 Å². The molecule has 1 aliphatic heterocycles. The predicted molar refractivity (Wildman–Crippen MR) is 101 cm³/mol. The Bertz CT molecular complexity index is 992. The van der Waals surface area contributed by atoms with Crippen molar-refractivity contribution in [2.45, 2.75) is 37.5 Å². The number of oxazole rings is 1. The first-order chi connectivity index (χ1) is 12.8. The first-order valence-corrected chi connectivity index (χ1v) is 10.7. The van der Waals surface area contributed by atoms with Crippen molar-refractivity contribution < 1.29 is 17.6 Å². The number of piperidine rings is 1. The van der Waals surface area contributed by atoms with Crippen LogP contribution in [0.4, 0.5) is 0 Å². The Morgan fingerprint density at radius 1 is 1.37 bits per heavy atom. The largest absolute Gasteiger partial charge is 0.419 e. The molecule has 0 aliphatic carbocycles. The number of benzene rings is 1. The fraction of sp³-hybridized carbons (Fsp3) is 0.556. The third kappa shape index (κ3) is 3.93. The van der Waals surface area contributed by atoms with Crippen molar-refractivity contribution in [3.8, 4) is 0 Å². The Hall–Kier alpha value is -2.13. The standard InChI is InChI=1S/C18H25N3O5S/c1-3-4-9-19-17(22)13-6-5-10-21(12-13)27(24,25)14-7-8-15-16(11-14)26-18(23)20(15)2/h7-8,11,13H,3-6,9-10,12H2,1-2H3,(H,19,22)/t13-/m1/s1. The molecule has 0 spiro atoms.